The molecule has 288 valence electrons. The molecule has 0 unspecified atom stereocenters. The van der Waals surface area contributed by atoms with Crippen LogP contribution in [-0.2, 0) is 7.05 Å². The average Bonchev–Trinajstić information content (AvgIpc) is 3.91. The van der Waals surface area contributed by atoms with Gasteiger partial charge in [0.2, 0.25) is 0 Å². The van der Waals surface area contributed by atoms with Crippen LogP contribution in [0.5, 0.6) is 0 Å². The molecular weight excluding hydrogens is 701 g/mol. The number of hydrogen-bond donors (Lipinski definition) is 1. The third-order valence-corrected chi connectivity index (χ3v) is 14.7. The molecule has 2 aliphatic rings. The zero-order chi connectivity index (χ0) is 41.0. The first kappa shape index (κ1) is 36.9. The summed E-state index contributed by atoms with van der Waals surface area (Å²) in [4.78, 5) is 36.7. The number of hydrogen-bond acceptors (Lipinski definition) is 6. The van der Waals surface area contributed by atoms with Gasteiger partial charge in [0.15, 0.2) is 23.3 Å². The fourth-order valence-electron chi connectivity index (χ4n) is 9.78. The van der Waals surface area contributed by atoms with Gasteiger partial charge in [0.25, 0.3) is 0 Å². The van der Waals surface area contributed by atoms with Crippen molar-refractivity contribution in [2.45, 2.75) is 111 Å². The van der Waals surface area contributed by atoms with Crippen LogP contribution >= 0.6 is 0 Å². The van der Waals surface area contributed by atoms with Crippen LogP contribution in [0.3, 0.4) is 0 Å². The molecule has 1 N–H and O–H groups in total. The lowest BCUT2D eigenvalue weighted by Gasteiger charge is -2.15. The van der Waals surface area contributed by atoms with Crippen molar-refractivity contribution in [2.75, 3.05) is 0 Å². The topological polar surface area (TPSA) is 98.1 Å². The summed E-state index contributed by atoms with van der Waals surface area (Å²) in [5.74, 6) is 2.65. The van der Waals surface area contributed by atoms with E-state index in [1.54, 1.807) is 0 Å². The van der Waals surface area contributed by atoms with E-state index in [2.05, 4.69) is 127 Å². The number of benzene rings is 4. The predicted molar refractivity (Wildman–Crippen MR) is 236 cm³/mol. The zero-order valence-electron chi connectivity index (χ0n) is 36.6. The fraction of sp³-hybridized carbons (Fsp3) is 0.347. The van der Waals surface area contributed by atoms with E-state index in [1.165, 1.54) is 89.0 Å². The Bertz CT molecular complexity index is 3030. The van der Waals surface area contributed by atoms with E-state index in [1.807, 2.05) is 0 Å². The molecule has 9 rings (SSSR count). The molecule has 3 aromatic heterocycles. The molecule has 0 spiro atoms. The van der Waals surface area contributed by atoms with Crippen molar-refractivity contribution in [3.05, 3.63) is 89.0 Å². The fourth-order valence-corrected chi connectivity index (χ4v) is 9.78. The molecule has 8 nitrogen and oxygen atoms in total. The Kier molecular flexibility index (Phi) is 7.84. The van der Waals surface area contributed by atoms with Crippen molar-refractivity contribution < 1.29 is 0 Å². The van der Waals surface area contributed by atoms with Crippen LogP contribution in [0.2, 0.25) is 0 Å². The van der Waals surface area contributed by atoms with Crippen molar-refractivity contribution in [1.29, 1.82) is 0 Å². The van der Waals surface area contributed by atoms with E-state index in [0.717, 1.165) is 66.4 Å². The van der Waals surface area contributed by atoms with Gasteiger partial charge in [-0.2, -0.15) is 0 Å². The van der Waals surface area contributed by atoms with Crippen LogP contribution in [0.15, 0.2) is 0 Å². The number of fused-ring (bicyclic) bond motifs is 20. The molecule has 5 heterocycles. The van der Waals surface area contributed by atoms with Gasteiger partial charge in [-0.05, 0) is 200 Å². The van der Waals surface area contributed by atoms with Crippen molar-refractivity contribution in [3.8, 4) is 45.6 Å². The normalized spacial score (nSPS) is 12.3. The molecule has 0 radical (unpaired) electrons. The van der Waals surface area contributed by atoms with Gasteiger partial charge in [0, 0.05) is 50.8 Å². The monoisotopic (exact) mass is 752 g/mol. The standard InChI is InChI=1S/C49H52N8/c1-18-19(2)27(10)35-34(26(18)9)42-50-43(35)52-45-37-29(12)21(4)23(6)31(14)39(37)47(54-45)56-49-41-33(16)25(8)24(7)32(15)40(41)48(57(49)17)55-46-38-30(13)22(5)20(3)28(11)36(38)44(51-42)53-46/h1-17H3,(H,50,51,52,53,54,55,56). The Morgan fingerprint density at radius 2 is 0.526 bits per heavy atom. The SMILES string of the molecule is Cc1c(C)c(C)c2c(c1C)-c1nc-2nc2c3c(C)c(C)c(C)c(C)c3c(nc3nc(nc4[nH]c(n1)c1c(C)c(C)c(C)c(C)c41)-c1c(C)c(C)c(C)c(C)c1-3)n2C. The molecular formula is C49H52N8. The Balaban J connectivity index is 1.63. The molecule has 8 bridgehead atoms. The minimum absolute atomic E-state index is 0.657. The number of nitrogens with zero attached hydrogens (tertiary/aromatic N) is 7. The van der Waals surface area contributed by atoms with Gasteiger partial charge in [-0.3, -0.25) is 0 Å². The van der Waals surface area contributed by atoms with Crippen molar-refractivity contribution in [1.82, 2.24) is 39.5 Å². The maximum Gasteiger partial charge on any atom is 0.165 e. The third-order valence-electron chi connectivity index (χ3n) is 14.7. The Labute approximate surface area is 334 Å². The Hall–Kier alpha value is -5.76. The largest absolute Gasteiger partial charge is 0.324 e. The second-order valence-corrected chi connectivity index (χ2v) is 17.0. The second-order valence-electron chi connectivity index (χ2n) is 17.0. The molecule has 0 amide bonds. The minimum Gasteiger partial charge on any atom is -0.324 e. The van der Waals surface area contributed by atoms with Gasteiger partial charge in [-0.25, -0.2) is 29.9 Å². The summed E-state index contributed by atoms with van der Waals surface area (Å²) in [7, 11) is 2.08. The number of nitrogens with one attached hydrogen (secondary N) is 1. The summed E-state index contributed by atoms with van der Waals surface area (Å²) < 4.78 is 2.15. The summed E-state index contributed by atoms with van der Waals surface area (Å²) >= 11 is 0. The minimum atomic E-state index is 0.657. The number of rotatable bonds is 0. The lowest BCUT2D eigenvalue weighted by molar-refractivity contribution is 0.966. The Morgan fingerprint density at radius 1 is 0.281 bits per heavy atom. The van der Waals surface area contributed by atoms with Crippen LogP contribution in [-0.4, -0.2) is 39.5 Å². The summed E-state index contributed by atoms with van der Waals surface area (Å²) in [5, 5.41) is 4.29. The first-order valence-corrected chi connectivity index (χ1v) is 20.1. The highest BCUT2D eigenvalue weighted by molar-refractivity contribution is 6.11. The molecule has 0 fully saturated rings. The van der Waals surface area contributed by atoms with E-state index >= 15 is 0 Å². The quantitative estimate of drug-likeness (QED) is 0.166. The summed E-state index contributed by atoms with van der Waals surface area (Å²) in [6.07, 6.45) is 0. The molecule has 2 aliphatic heterocycles. The molecule has 8 heteroatoms. The van der Waals surface area contributed by atoms with E-state index in [0.29, 0.717) is 23.3 Å². The van der Waals surface area contributed by atoms with Crippen LogP contribution in [0.1, 0.15) is 89.0 Å². The van der Waals surface area contributed by atoms with Crippen LogP contribution < -0.4 is 0 Å². The number of aromatic amines is 1. The highest BCUT2D eigenvalue weighted by Crippen LogP contribution is 2.46. The second kappa shape index (κ2) is 12.1. The van der Waals surface area contributed by atoms with Crippen LogP contribution in [0.4, 0.5) is 0 Å². The molecule has 57 heavy (non-hydrogen) atoms. The van der Waals surface area contributed by atoms with Crippen LogP contribution in [0, 0.1) is 111 Å². The van der Waals surface area contributed by atoms with Gasteiger partial charge < -0.3 is 9.55 Å². The van der Waals surface area contributed by atoms with Crippen LogP contribution in [0.25, 0.3) is 89.7 Å². The van der Waals surface area contributed by atoms with Crippen molar-refractivity contribution in [2.24, 2.45) is 7.05 Å². The highest BCUT2D eigenvalue weighted by atomic mass is 15.1. The predicted octanol–water partition coefficient (Wildman–Crippen LogP) is 11.8. The average molecular weight is 753 g/mol. The first-order chi connectivity index (χ1) is 26.9. The molecule has 7 aromatic rings. The van der Waals surface area contributed by atoms with Gasteiger partial charge in [0.05, 0.1) is 0 Å². The lowest BCUT2D eigenvalue weighted by atomic mass is 9.89. The summed E-state index contributed by atoms with van der Waals surface area (Å²) in [5.41, 5.74) is 26.7. The van der Waals surface area contributed by atoms with Crippen molar-refractivity contribution in [3.63, 3.8) is 0 Å². The number of aryl methyl sites for hydroxylation is 5. The van der Waals surface area contributed by atoms with Gasteiger partial charge >= 0.3 is 0 Å². The lowest BCUT2D eigenvalue weighted by Crippen LogP contribution is -1.99. The van der Waals surface area contributed by atoms with E-state index < -0.39 is 0 Å². The maximum atomic E-state index is 5.59. The van der Waals surface area contributed by atoms with E-state index in [-0.39, 0.29) is 0 Å². The maximum absolute atomic E-state index is 5.59. The number of H-pyrrole nitrogens is 1. The van der Waals surface area contributed by atoms with E-state index in [9.17, 15) is 0 Å². The van der Waals surface area contributed by atoms with E-state index in [4.69, 9.17) is 29.9 Å². The Morgan fingerprint density at radius 3 is 0.825 bits per heavy atom. The molecule has 4 aromatic carbocycles. The molecule has 0 atom stereocenters. The summed E-state index contributed by atoms with van der Waals surface area (Å²) in [6, 6.07) is 0. The zero-order valence-corrected chi connectivity index (χ0v) is 36.6. The van der Waals surface area contributed by atoms with Gasteiger partial charge in [-0.1, -0.05) is 0 Å². The molecule has 0 saturated carbocycles. The van der Waals surface area contributed by atoms with Crippen molar-refractivity contribution >= 4 is 44.1 Å². The molecule has 0 saturated heterocycles. The summed E-state index contributed by atoms with van der Waals surface area (Å²) in [6.45, 7) is 35.3. The van der Waals surface area contributed by atoms with Gasteiger partial charge in [0.1, 0.15) is 22.6 Å². The third kappa shape index (κ3) is 4.67. The first-order valence-electron chi connectivity index (χ1n) is 20.1. The molecule has 0 aliphatic carbocycles. The smallest absolute Gasteiger partial charge is 0.165 e. The highest BCUT2D eigenvalue weighted by Gasteiger charge is 2.30. The number of aromatic nitrogens is 8. The van der Waals surface area contributed by atoms with Gasteiger partial charge in [-0.15, -0.1) is 0 Å².